The van der Waals surface area contributed by atoms with Crippen LogP contribution in [0.3, 0.4) is 0 Å². The molecule has 0 radical (unpaired) electrons. The molecule has 1 heterocycles. The SMILES string of the molecule is O=C(Nc1cccc(COc2cccc(F)c2)c1)C1CCNC1. The molecule has 120 valence electrons. The van der Waals surface area contributed by atoms with E-state index in [0.29, 0.717) is 12.4 Å². The maximum Gasteiger partial charge on any atom is 0.228 e. The van der Waals surface area contributed by atoms with E-state index in [2.05, 4.69) is 10.6 Å². The first kappa shape index (κ1) is 15.5. The number of hydrogen-bond donors (Lipinski definition) is 2. The summed E-state index contributed by atoms with van der Waals surface area (Å²) in [6, 6.07) is 13.5. The summed E-state index contributed by atoms with van der Waals surface area (Å²) in [7, 11) is 0. The number of halogens is 1. The number of hydrogen-bond acceptors (Lipinski definition) is 3. The van der Waals surface area contributed by atoms with Crippen LogP contribution in [0.15, 0.2) is 48.5 Å². The average Bonchev–Trinajstić information content (AvgIpc) is 3.08. The molecule has 5 heteroatoms. The van der Waals surface area contributed by atoms with Gasteiger partial charge in [0.2, 0.25) is 5.91 Å². The highest BCUT2D eigenvalue weighted by Crippen LogP contribution is 2.17. The van der Waals surface area contributed by atoms with Crippen molar-refractivity contribution in [3.8, 4) is 5.75 Å². The molecule has 1 aliphatic rings. The third-order valence-electron chi connectivity index (χ3n) is 3.83. The maximum atomic E-state index is 13.1. The highest BCUT2D eigenvalue weighted by atomic mass is 19.1. The summed E-state index contributed by atoms with van der Waals surface area (Å²) >= 11 is 0. The smallest absolute Gasteiger partial charge is 0.228 e. The predicted molar refractivity (Wildman–Crippen MR) is 86.8 cm³/mol. The van der Waals surface area contributed by atoms with Crippen molar-refractivity contribution in [3.05, 3.63) is 59.9 Å². The molecule has 4 nitrogen and oxygen atoms in total. The van der Waals surface area contributed by atoms with Gasteiger partial charge in [0.15, 0.2) is 0 Å². The average molecular weight is 314 g/mol. The van der Waals surface area contributed by atoms with Gasteiger partial charge >= 0.3 is 0 Å². The number of carbonyl (C=O) groups is 1. The fourth-order valence-electron chi connectivity index (χ4n) is 2.59. The molecule has 2 aromatic carbocycles. The summed E-state index contributed by atoms with van der Waals surface area (Å²) in [4.78, 5) is 12.1. The van der Waals surface area contributed by atoms with Gasteiger partial charge in [-0.25, -0.2) is 4.39 Å². The summed E-state index contributed by atoms with van der Waals surface area (Å²) in [6.45, 7) is 1.94. The van der Waals surface area contributed by atoms with Crippen molar-refractivity contribution in [2.45, 2.75) is 13.0 Å². The fraction of sp³-hybridized carbons (Fsp3) is 0.278. The van der Waals surface area contributed by atoms with Crippen molar-refractivity contribution in [1.29, 1.82) is 0 Å². The Labute approximate surface area is 134 Å². The molecule has 0 aromatic heterocycles. The highest BCUT2D eigenvalue weighted by molar-refractivity contribution is 5.92. The Balaban J connectivity index is 1.59. The lowest BCUT2D eigenvalue weighted by atomic mass is 10.1. The summed E-state index contributed by atoms with van der Waals surface area (Å²) in [6.07, 6.45) is 0.869. The number of benzene rings is 2. The molecule has 2 aromatic rings. The topological polar surface area (TPSA) is 50.4 Å². The molecule has 0 saturated carbocycles. The lowest BCUT2D eigenvalue weighted by molar-refractivity contribution is -0.119. The fourth-order valence-corrected chi connectivity index (χ4v) is 2.59. The van der Waals surface area contributed by atoms with Crippen LogP contribution in [0.25, 0.3) is 0 Å². The summed E-state index contributed by atoms with van der Waals surface area (Å²) < 4.78 is 18.7. The number of amides is 1. The van der Waals surface area contributed by atoms with Crippen molar-refractivity contribution in [2.24, 2.45) is 5.92 Å². The highest BCUT2D eigenvalue weighted by Gasteiger charge is 2.22. The van der Waals surface area contributed by atoms with Crippen LogP contribution in [0.2, 0.25) is 0 Å². The Morgan fingerprint density at radius 1 is 1.26 bits per heavy atom. The minimum Gasteiger partial charge on any atom is -0.489 e. The van der Waals surface area contributed by atoms with Crippen LogP contribution in [0.1, 0.15) is 12.0 Å². The summed E-state index contributed by atoms with van der Waals surface area (Å²) in [5, 5.41) is 6.12. The van der Waals surface area contributed by atoms with Crippen molar-refractivity contribution in [3.63, 3.8) is 0 Å². The second kappa shape index (κ2) is 7.24. The minimum atomic E-state index is -0.325. The van der Waals surface area contributed by atoms with Crippen LogP contribution in [0.5, 0.6) is 5.75 Å². The van der Waals surface area contributed by atoms with Crippen LogP contribution in [0.4, 0.5) is 10.1 Å². The molecule has 23 heavy (non-hydrogen) atoms. The maximum absolute atomic E-state index is 13.1. The van der Waals surface area contributed by atoms with Crippen LogP contribution >= 0.6 is 0 Å². The standard InChI is InChI=1S/C18H19FN2O2/c19-15-4-2-6-17(10-15)23-12-13-3-1-5-16(9-13)21-18(22)14-7-8-20-11-14/h1-6,9-10,14,20H,7-8,11-12H2,(H,21,22). The van der Waals surface area contributed by atoms with Crippen molar-refractivity contribution >= 4 is 11.6 Å². The monoisotopic (exact) mass is 314 g/mol. The normalized spacial score (nSPS) is 17.0. The lowest BCUT2D eigenvalue weighted by Gasteiger charge is -2.11. The quantitative estimate of drug-likeness (QED) is 0.892. The van der Waals surface area contributed by atoms with Gasteiger partial charge in [-0.05, 0) is 42.8 Å². The molecule has 1 aliphatic heterocycles. The zero-order valence-electron chi connectivity index (χ0n) is 12.7. The Hall–Kier alpha value is -2.40. The van der Waals surface area contributed by atoms with Gasteiger partial charge in [0, 0.05) is 18.3 Å². The second-order valence-electron chi connectivity index (χ2n) is 5.63. The molecule has 2 N–H and O–H groups in total. The molecule has 1 amide bonds. The number of carbonyl (C=O) groups excluding carboxylic acids is 1. The molecule has 0 bridgehead atoms. The molecular weight excluding hydrogens is 295 g/mol. The van der Waals surface area contributed by atoms with Crippen LogP contribution in [-0.4, -0.2) is 19.0 Å². The zero-order valence-corrected chi connectivity index (χ0v) is 12.7. The van der Waals surface area contributed by atoms with Gasteiger partial charge in [0.1, 0.15) is 18.2 Å². The Morgan fingerprint density at radius 3 is 2.91 bits per heavy atom. The van der Waals surface area contributed by atoms with E-state index >= 15 is 0 Å². The Bertz CT molecular complexity index is 684. The van der Waals surface area contributed by atoms with E-state index in [9.17, 15) is 9.18 Å². The number of ether oxygens (including phenoxy) is 1. The van der Waals surface area contributed by atoms with Crippen molar-refractivity contribution < 1.29 is 13.9 Å². The van der Waals surface area contributed by atoms with Gasteiger partial charge in [0.25, 0.3) is 0 Å². The van der Waals surface area contributed by atoms with Gasteiger partial charge in [0.05, 0.1) is 5.92 Å². The number of nitrogens with one attached hydrogen (secondary N) is 2. The molecule has 1 fully saturated rings. The molecular formula is C18H19FN2O2. The van der Waals surface area contributed by atoms with E-state index in [1.165, 1.54) is 12.1 Å². The molecule has 3 rings (SSSR count). The molecule has 1 atom stereocenters. The summed E-state index contributed by atoms with van der Waals surface area (Å²) in [5.74, 6) is 0.227. The first-order valence-electron chi connectivity index (χ1n) is 7.69. The van der Waals surface area contributed by atoms with Crippen LogP contribution < -0.4 is 15.4 Å². The third-order valence-corrected chi connectivity index (χ3v) is 3.83. The van der Waals surface area contributed by atoms with Gasteiger partial charge in [-0.15, -0.1) is 0 Å². The van der Waals surface area contributed by atoms with E-state index in [1.54, 1.807) is 12.1 Å². The summed E-state index contributed by atoms with van der Waals surface area (Å²) in [5.41, 5.74) is 1.67. The Kier molecular flexibility index (Phi) is 4.88. The molecule has 0 aliphatic carbocycles. The first-order chi connectivity index (χ1) is 11.2. The molecule has 1 unspecified atom stereocenters. The van der Waals surface area contributed by atoms with E-state index in [4.69, 9.17) is 4.74 Å². The van der Waals surface area contributed by atoms with E-state index in [0.717, 1.165) is 30.8 Å². The predicted octanol–water partition coefficient (Wildman–Crippen LogP) is 2.95. The van der Waals surface area contributed by atoms with Crippen LogP contribution in [-0.2, 0) is 11.4 Å². The van der Waals surface area contributed by atoms with E-state index < -0.39 is 0 Å². The van der Waals surface area contributed by atoms with Gasteiger partial charge in [-0.3, -0.25) is 4.79 Å². The largest absolute Gasteiger partial charge is 0.489 e. The van der Waals surface area contributed by atoms with Gasteiger partial charge in [-0.2, -0.15) is 0 Å². The lowest BCUT2D eigenvalue weighted by Crippen LogP contribution is -2.24. The third kappa shape index (κ3) is 4.29. The van der Waals surface area contributed by atoms with Gasteiger partial charge in [-0.1, -0.05) is 18.2 Å². The second-order valence-corrected chi connectivity index (χ2v) is 5.63. The minimum absolute atomic E-state index is 0.0298. The van der Waals surface area contributed by atoms with Crippen molar-refractivity contribution in [2.75, 3.05) is 18.4 Å². The Morgan fingerprint density at radius 2 is 2.13 bits per heavy atom. The van der Waals surface area contributed by atoms with E-state index in [-0.39, 0.29) is 17.6 Å². The van der Waals surface area contributed by atoms with Crippen molar-refractivity contribution in [1.82, 2.24) is 5.32 Å². The molecule has 1 saturated heterocycles. The number of anilines is 1. The number of rotatable bonds is 5. The van der Waals surface area contributed by atoms with E-state index in [1.807, 2.05) is 24.3 Å². The zero-order chi connectivity index (χ0) is 16.1. The van der Waals surface area contributed by atoms with Gasteiger partial charge < -0.3 is 15.4 Å². The van der Waals surface area contributed by atoms with Crippen LogP contribution in [0, 0.1) is 11.7 Å². The first-order valence-corrected chi connectivity index (χ1v) is 7.69. The molecule has 0 spiro atoms.